The average molecular weight is 320 g/mol. The molecule has 4 rings (SSSR count). The van der Waals surface area contributed by atoms with E-state index in [0.717, 1.165) is 0 Å². The first-order valence-electron chi connectivity index (χ1n) is 7.31. The SMILES string of the molecule is O=C1COc2cc3cc(C(=O)c4ccccc4O)cnc3cc2N1. The van der Waals surface area contributed by atoms with E-state index in [4.69, 9.17) is 4.74 Å². The minimum atomic E-state index is -0.311. The fourth-order valence-corrected chi connectivity index (χ4v) is 2.65. The van der Waals surface area contributed by atoms with Gasteiger partial charge in [0.15, 0.2) is 12.4 Å². The first-order chi connectivity index (χ1) is 11.6. The van der Waals surface area contributed by atoms with Crippen LogP contribution in [-0.4, -0.2) is 28.4 Å². The van der Waals surface area contributed by atoms with Crippen molar-refractivity contribution in [1.82, 2.24) is 4.98 Å². The number of hydrogen-bond donors (Lipinski definition) is 2. The van der Waals surface area contributed by atoms with E-state index in [-0.39, 0.29) is 29.6 Å². The molecular weight excluding hydrogens is 308 g/mol. The van der Waals surface area contributed by atoms with Gasteiger partial charge in [-0.25, -0.2) is 0 Å². The van der Waals surface area contributed by atoms with E-state index in [1.54, 1.807) is 36.4 Å². The smallest absolute Gasteiger partial charge is 0.262 e. The molecule has 2 aromatic carbocycles. The minimum absolute atomic E-state index is 0.0392. The highest BCUT2D eigenvalue weighted by Crippen LogP contribution is 2.32. The number of phenols is 1. The van der Waals surface area contributed by atoms with E-state index in [1.807, 2.05) is 0 Å². The second kappa shape index (κ2) is 5.34. The van der Waals surface area contributed by atoms with Crippen LogP contribution in [0.25, 0.3) is 10.9 Å². The van der Waals surface area contributed by atoms with Crippen LogP contribution in [0.1, 0.15) is 15.9 Å². The van der Waals surface area contributed by atoms with Crippen molar-refractivity contribution in [3.63, 3.8) is 0 Å². The first kappa shape index (κ1) is 14.2. The highest BCUT2D eigenvalue weighted by Gasteiger charge is 2.18. The number of para-hydroxylation sites is 1. The van der Waals surface area contributed by atoms with Crippen LogP contribution in [-0.2, 0) is 4.79 Å². The van der Waals surface area contributed by atoms with Crippen LogP contribution in [0.4, 0.5) is 5.69 Å². The van der Waals surface area contributed by atoms with Gasteiger partial charge in [0.1, 0.15) is 11.5 Å². The van der Waals surface area contributed by atoms with Crippen LogP contribution in [0.2, 0.25) is 0 Å². The summed E-state index contributed by atoms with van der Waals surface area (Å²) in [5.74, 6) is -0.0576. The number of carbonyl (C=O) groups is 2. The molecule has 0 aliphatic carbocycles. The lowest BCUT2D eigenvalue weighted by molar-refractivity contribution is -0.118. The van der Waals surface area contributed by atoms with Gasteiger partial charge in [-0.05, 0) is 30.3 Å². The zero-order chi connectivity index (χ0) is 16.7. The zero-order valence-electron chi connectivity index (χ0n) is 12.4. The van der Waals surface area contributed by atoms with Crippen LogP contribution in [0, 0.1) is 0 Å². The van der Waals surface area contributed by atoms with Gasteiger partial charge in [0.2, 0.25) is 0 Å². The molecule has 0 atom stereocenters. The van der Waals surface area contributed by atoms with E-state index >= 15 is 0 Å². The number of ether oxygens (including phenoxy) is 1. The maximum absolute atomic E-state index is 12.6. The van der Waals surface area contributed by atoms with Crippen molar-refractivity contribution in [3.8, 4) is 11.5 Å². The number of rotatable bonds is 2. The van der Waals surface area contributed by atoms with Gasteiger partial charge in [0.05, 0.1) is 16.8 Å². The summed E-state index contributed by atoms with van der Waals surface area (Å²) in [5, 5.41) is 13.3. The van der Waals surface area contributed by atoms with Crippen molar-refractivity contribution >= 4 is 28.3 Å². The lowest BCUT2D eigenvalue weighted by Gasteiger charge is -2.18. The molecule has 1 aliphatic rings. The van der Waals surface area contributed by atoms with Gasteiger partial charge in [-0.15, -0.1) is 0 Å². The average Bonchev–Trinajstić information content (AvgIpc) is 2.59. The number of nitrogens with zero attached hydrogens (tertiary/aromatic N) is 1. The number of aromatic hydroxyl groups is 1. The lowest BCUT2D eigenvalue weighted by Crippen LogP contribution is -2.25. The summed E-state index contributed by atoms with van der Waals surface area (Å²) in [5.41, 5.74) is 1.78. The number of carbonyl (C=O) groups excluding carboxylic acids is 2. The van der Waals surface area contributed by atoms with Crippen molar-refractivity contribution in [1.29, 1.82) is 0 Å². The highest BCUT2D eigenvalue weighted by molar-refractivity contribution is 6.12. The summed E-state index contributed by atoms with van der Waals surface area (Å²) in [7, 11) is 0. The maximum Gasteiger partial charge on any atom is 0.262 e. The number of phenolic OH excluding ortho intramolecular Hbond substituents is 1. The molecule has 24 heavy (non-hydrogen) atoms. The molecule has 0 saturated heterocycles. The highest BCUT2D eigenvalue weighted by atomic mass is 16.5. The standard InChI is InChI=1S/C18H12N2O4/c21-15-4-2-1-3-12(15)18(23)11-5-10-6-16-14(7-13(10)19-8-11)20-17(22)9-24-16/h1-8,21H,9H2,(H,20,22). The normalized spacial score (nSPS) is 13.1. The Hall–Kier alpha value is -3.41. The van der Waals surface area contributed by atoms with Gasteiger partial charge < -0.3 is 15.2 Å². The predicted octanol–water partition coefficient (Wildman–Crippen LogP) is 2.50. The Balaban J connectivity index is 1.79. The van der Waals surface area contributed by atoms with Gasteiger partial charge in [-0.2, -0.15) is 0 Å². The maximum atomic E-state index is 12.6. The Labute approximate surface area is 136 Å². The molecule has 0 bridgehead atoms. The van der Waals surface area contributed by atoms with E-state index in [9.17, 15) is 14.7 Å². The third kappa shape index (κ3) is 2.34. The summed E-state index contributed by atoms with van der Waals surface area (Å²) in [6.45, 7) is -0.0392. The van der Waals surface area contributed by atoms with Crippen LogP contribution in [0.15, 0.2) is 48.7 Å². The molecule has 0 radical (unpaired) electrons. The summed E-state index contributed by atoms with van der Waals surface area (Å²) in [6.07, 6.45) is 1.45. The largest absolute Gasteiger partial charge is 0.507 e. The van der Waals surface area contributed by atoms with Crippen LogP contribution >= 0.6 is 0 Å². The van der Waals surface area contributed by atoms with Crippen LogP contribution < -0.4 is 10.1 Å². The van der Waals surface area contributed by atoms with Gasteiger partial charge >= 0.3 is 0 Å². The molecule has 6 nitrogen and oxygen atoms in total. The van der Waals surface area contributed by atoms with E-state index < -0.39 is 0 Å². The summed E-state index contributed by atoms with van der Waals surface area (Å²) in [6, 6.07) is 11.5. The molecule has 3 aromatic rings. The fourth-order valence-electron chi connectivity index (χ4n) is 2.65. The molecule has 1 amide bonds. The van der Waals surface area contributed by atoms with Crippen molar-refractivity contribution in [2.24, 2.45) is 0 Å². The van der Waals surface area contributed by atoms with Gasteiger partial charge in [0.25, 0.3) is 5.91 Å². The van der Waals surface area contributed by atoms with Crippen molar-refractivity contribution in [3.05, 3.63) is 59.8 Å². The molecule has 1 aromatic heterocycles. The molecule has 0 unspecified atom stereocenters. The molecule has 0 saturated carbocycles. The Morgan fingerprint density at radius 1 is 1.21 bits per heavy atom. The number of ketones is 1. The molecule has 118 valence electrons. The molecule has 6 heteroatoms. The third-order valence-electron chi connectivity index (χ3n) is 3.83. The van der Waals surface area contributed by atoms with Crippen molar-refractivity contribution in [2.75, 3.05) is 11.9 Å². The second-order valence-corrected chi connectivity index (χ2v) is 5.45. The van der Waals surface area contributed by atoms with Crippen molar-refractivity contribution < 1.29 is 19.4 Å². The molecule has 2 heterocycles. The van der Waals surface area contributed by atoms with E-state index in [0.29, 0.717) is 27.9 Å². The number of nitrogens with one attached hydrogen (secondary N) is 1. The monoisotopic (exact) mass is 320 g/mol. The first-order valence-corrected chi connectivity index (χ1v) is 7.31. The number of hydrogen-bond acceptors (Lipinski definition) is 5. The quantitative estimate of drug-likeness (QED) is 0.708. The van der Waals surface area contributed by atoms with E-state index in [2.05, 4.69) is 10.3 Å². The topological polar surface area (TPSA) is 88.5 Å². The Kier molecular flexibility index (Phi) is 3.16. The number of benzene rings is 2. The minimum Gasteiger partial charge on any atom is -0.507 e. The van der Waals surface area contributed by atoms with Gasteiger partial charge in [-0.3, -0.25) is 14.6 Å². The van der Waals surface area contributed by atoms with Gasteiger partial charge in [-0.1, -0.05) is 12.1 Å². The summed E-state index contributed by atoms with van der Waals surface area (Å²) >= 11 is 0. The second-order valence-electron chi connectivity index (χ2n) is 5.45. The lowest BCUT2D eigenvalue weighted by atomic mass is 10.0. The van der Waals surface area contributed by atoms with Crippen LogP contribution in [0.3, 0.4) is 0 Å². The summed E-state index contributed by atoms with van der Waals surface area (Å²) in [4.78, 5) is 28.2. The molecule has 0 spiro atoms. The molecule has 0 fully saturated rings. The molecular formula is C18H12N2O4. The Morgan fingerprint density at radius 2 is 2.04 bits per heavy atom. The number of anilines is 1. The van der Waals surface area contributed by atoms with E-state index in [1.165, 1.54) is 12.3 Å². The molecule has 2 N–H and O–H groups in total. The third-order valence-corrected chi connectivity index (χ3v) is 3.83. The zero-order valence-corrected chi connectivity index (χ0v) is 12.4. The Morgan fingerprint density at radius 3 is 2.88 bits per heavy atom. The predicted molar refractivity (Wildman–Crippen MR) is 87.4 cm³/mol. The number of fused-ring (bicyclic) bond motifs is 2. The number of aromatic nitrogens is 1. The van der Waals surface area contributed by atoms with Crippen LogP contribution in [0.5, 0.6) is 11.5 Å². The number of pyridine rings is 1. The molecule has 1 aliphatic heterocycles. The van der Waals surface area contributed by atoms with Crippen molar-refractivity contribution in [2.45, 2.75) is 0 Å². The fraction of sp³-hybridized carbons (Fsp3) is 0.0556. The Bertz CT molecular complexity index is 997. The summed E-state index contributed by atoms with van der Waals surface area (Å²) < 4.78 is 5.38. The number of amides is 1. The van der Waals surface area contributed by atoms with Gasteiger partial charge in [0, 0.05) is 17.1 Å².